The molecule has 0 aromatic carbocycles. The molecule has 1 N–H and O–H groups in total. The van der Waals surface area contributed by atoms with Crippen LogP contribution in [0.5, 0.6) is 0 Å². The summed E-state index contributed by atoms with van der Waals surface area (Å²) in [5.74, 6) is 2.02. The van der Waals surface area contributed by atoms with Crippen LogP contribution in [-0.2, 0) is 19.4 Å². The van der Waals surface area contributed by atoms with Crippen LogP contribution in [-0.4, -0.2) is 16.1 Å². The highest BCUT2D eigenvalue weighted by atomic mass is 15.2. The lowest BCUT2D eigenvalue weighted by Crippen LogP contribution is -2.21. The quantitative estimate of drug-likeness (QED) is 0.762. The van der Waals surface area contributed by atoms with Gasteiger partial charge in [0, 0.05) is 18.8 Å². The highest BCUT2D eigenvalue weighted by Crippen LogP contribution is 2.30. The minimum absolute atomic E-state index is 0.889. The zero-order valence-corrected chi connectivity index (χ0v) is 9.42. The molecule has 1 unspecified atom stereocenters. The smallest absolute Gasteiger partial charge is 0.203 e. The molecule has 0 radical (unpaired) electrons. The molecular formula is C12H19N3. The van der Waals surface area contributed by atoms with E-state index in [0.29, 0.717) is 0 Å². The summed E-state index contributed by atoms with van der Waals surface area (Å²) in [6.45, 7) is 4.57. The van der Waals surface area contributed by atoms with Gasteiger partial charge in [-0.25, -0.2) is 4.98 Å². The van der Waals surface area contributed by atoms with Crippen LogP contribution >= 0.6 is 0 Å². The second-order valence-corrected chi connectivity index (χ2v) is 4.78. The van der Waals surface area contributed by atoms with Gasteiger partial charge in [0.05, 0.1) is 5.69 Å². The lowest BCUT2D eigenvalue weighted by Gasteiger charge is -2.23. The molecule has 1 aromatic heterocycles. The normalized spacial score (nSPS) is 24.2. The van der Waals surface area contributed by atoms with Crippen molar-refractivity contribution in [1.29, 1.82) is 0 Å². The van der Waals surface area contributed by atoms with E-state index in [0.717, 1.165) is 18.4 Å². The van der Waals surface area contributed by atoms with E-state index >= 15 is 0 Å². The molecule has 0 spiro atoms. The Morgan fingerprint density at radius 3 is 3.33 bits per heavy atom. The Bertz CT molecular complexity index is 367. The summed E-state index contributed by atoms with van der Waals surface area (Å²) in [4.78, 5) is 4.71. The van der Waals surface area contributed by atoms with Crippen molar-refractivity contribution in [2.75, 3.05) is 11.9 Å². The zero-order valence-electron chi connectivity index (χ0n) is 9.42. The van der Waals surface area contributed by atoms with Crippen molar-refractivity contribution < 1.29 is 0 Å². The maximum Gasteiger partial charge on any atom is 0.203 e. The fraction of sp³-hybridized carbons (Fsp3) is 0.750. The van der Waals surface area contributed by atoms with Gasteiger partial charge in [-0.15, -0.1) is 0 Å². The van der Waals surface area contributed by atoms with Crippen molar-refractivity contribution in [2.45, 2.75) is 45.6 Å². The minimum atomic E-state index is 0.889. The number of nitrogens with one attached hydrogen (secondary N) is 1. The summed E-state index contributed by atoms with van der Waals surface area (Å²) in [5.41, 5.74) is 2.89. The maximum atomic E-state index is 4.71. The van der Waals surface area contributed by atoms with E-state index in [1.165, 1.54) is 50.0 Å². The number of aromatic nitrogens is 2. The Morgan fingerprint density at radius 1 is 1.53 bits per heavy atom. The molecule has 3 rings (SSSR count). The molecule has 2 aliphatic rings. The highest BCUT2D eigenvalue weighted by Gasteiger charge is 2.25. The zero-order chi connectivity index (χ0) is 10.3. The van der Waals surface area contributed by atoms with E-state index in [9.17, 15) is 0 Å². The highest BCUT2D eigenvalue weighted by molar-refractivity contribution is 5.37. The number of hydrogen-bond acceptors (Lipinski definition) is 2. The summed E-state index contributed by atoms with van der Waals surface area (Å²) in [7, 11) is 0. The molecule has 0 saturated heterocycles. The van der Waals surface area contributed by atoms with Crippen LogP contribution in [0.2, 0.25) is 0 Å². The average molecular weight is 205 g/mol. The lowest BCUT2D eigenvalue weighted by atomic mass is 9.88. The number of rotatable bonds is 1. The average Bonchev–Trinajstić information content (AvgIpc) is 2.66. The van der Waals surface area contributed by atoms with Crippen molar-refractivity contribution >= 4 is 5.95 Å². The largest absolute Gasteiger partial charge is 0.356 e. The van der Waals surface area contributed by atoms with E-state index in [4.69, 9.17) is 4.98 Å². The van der Waals surface area contributed by atoms with Gasteiger partial charge in [-0.1, -0.05) is 13.3 Å². The summed E-state index contributed by atoms with van der Waals surface area (Å²) in [6.07, 6.45) is 6.33. The molecule has 3 nitrogen and oxygen atoms in total. The van der Waals surface area contributed by atoms with E-state index < -0.39 is 0 Å². The van der Waals surface area contributed by atoms with Crippen molar-refractivity contribution in [2.24, 2.45) is 5.92 Å². The number of imidazole rings is 1. The van der Waals surface area contributed by atoms with Gasteiger partial charge in [0.1, 0.15) is 0 Å². The first-order valence-corrected chi connectivity index (χ1v) is 6.20. The van der Waals surface area contributed by atoms with Gasteiger partial charge in [0.2, 0.25) is 5.95 Å². The second kappa shape index (κ2) is 3.54. The summed E-state index contributed by atoms with van der Waals surface area (Å²) in [5, 5.41) is 3.40. The molecular weight excluding hydrogens is 186 g/mol. The SMILES string of the molecule is CCC1CCc2nc3n(c2C1)CCCN3. The van der Waals surface area contributed by atoms with Crippen LogP contribution in [0.25, 0.3) is 0 Å². The molecule has 0 bridgehead atoms. The number of hydrogen-bond donors (Lipinski definition) is 1. The van der Waals surface area contributed by atoms with Crippen LogP contribution in [0.4, 0.5) is 5.95 Å². The number of fused-ring (bicyclic) bond motifs is 3. The fourth-order valence-electron chi connectivity index (χ4n) is 2.84. The van der Waals surface area contributed by atoms with Crippen molar-refractivity contribution in [1.82, 2.24) is 9.55 Å². The minimum Gasteiger partial charge on any atom is -0.356 e. The van der Waals surface area contributed by atoms with E-state index in [1.54, 1.807) is 0 Å². The van der Waals surface area contributed by atoms with Crippen LogP contribution in [0.15, 0.2) is 0 Å². The van der Waals surface area contributed by atoms with Gasteiger partial charge in [-0.2, -0.15) is 0 Å². The summed E-state index contributed by atoms with van der Waals surface area (Å²) in [6, 6.07) is 0. The van der Waals surface area contributed by atoms with E-state index in [1.807, 2.05) is 0 Å². The molecule has 15 heavy (non-hydrogen) atoms. The Hall–Kier alpha value is -0.990. The van der Waals surface area contributed by atoms with Gasteiger partial charge in [-0.3, -0.25) is 0 Å². The number of nitrogens with zero attached hydrogens (tertiary/aromatic N) is 2. The molecule has 0 saturated carbocycles. The lowest BCUT2D eigenvalue weighted by molar-refractivity contribution is 0.424. The van der Waals surface area contributed by atoms with Crippen molar-refractivity contribution in [3.63, 3.8) is 0 Å². The van der Waals surface area contributed by atoms with Crippen molar-refractivity contribution in [3.05, 3.63) is 11.4 Å². The first-order chi connectivity index (χ1) is 7.38. The predicted molar refractivity (Wildman–Crippen MR) is 61.1 cm³/mol. The van der Waals surface area contributed by atoms with Gasteiger partial charge in [0.15, 0.2) is 0 Å². The Morgan fingerprint density at radius 2 is 2.47 bits per heavy atom. The molecule has 1 aromatic rings. The standard InChI is InChI=1S/C12H19N3/c1-2-9-4-5-10-11(8-9)15-7-3-6-13-12(15)14-10/h9H,2-8H2,1H3,(H,13,14). The van der Waals surface area contributed by atoms with Gasteiger partial charge >= 0.3 is 0 Å². The first-order valence-electron chi connectivity index (χ1n) is 6.20. The Labute approximate surface area is 90.9 Å². The molecule has 0 fully saturated rings. The van der Waals surface area contributed by atoms with Crippen LogP contribution in [0.3, 0.4) is 0 Å². The van der Waals surface area contributed by atoms with Crippen LogP contribution in [0.1, 0.15) is 37.6 Å². The van der Waals surface area contributed by atoms with E-state index in [-0.39, 0.29) is 0 Å². The van der Waals surface area contributed by atoms with Gasteiger partial charge in [-0.05, 0) is 31.6 Å². The Kier molecular flexibility index (Phi) is 2.19. The molecule has 82 valence electrons. The molecule has 2 heterocycles. The molecule has 1 atom stereocenters. The molecule has 1 aliphatic carbocycles. The topological polar surface area (TPSA) is 29.9 Å². The number of aryl methyl sites for hydroxylation is 1. The third kappa shape index (κ3) is 1.45. The summed E-state index contributed by atoms with van der Waals surface area (Å²) < 4.78 is 2.42. The van der Waals surface area contributed by atoms with Gasteiger partial charge < -0.3 is 9.88 Å². The van der Waals surface area contributed by atoms with Gasteiger partial charge in [0.25, 0.3) is 0 Å². The van der Waals surface area contributed by atoms with E-state index in [2.05, 4.69) is 16.8 Å². The monoisotopic (exact) mass is 205 g/mol. The fourth-order valence-corrected chi connectivity index (χ4v) is 2.84. The third-order valence-corrected chi connectivity index (χ3v) is 3.85. The third-order valence-electron chi connectivity index (χ3n) is 3.85. The molecule has 1 aliphatic heterocycles. The predicted octanol–water partition coefficient (Wildman–Crippen LogP) is 2.21. The first kappa shape index (κ1) is 9.25. The number of anilines is 1. The maximum absolute atomic E-state index is 4.71. The van der Waals surface area contributed by atoms with Crippen molar-refractivity contribution in [3.8, 4) is 0 Å². The van der Waals surface area contributed by atoms with Crippen LogP contribution in [0, 0.1) is 5.92 Å². The second-order valence-electron chi connectivity index (χ2n) is 4.78. The molecule has 3 heteroatoms. The molecule has 0 amide bonds. The van der Waals surface area contributed by atoms with Crippen LogP contribution < -0.4 is 5.32 Å². The Balaban J connectivity index is 1.97. The summed E-state index contributed by atoms with van der Waals surface area (Å²) >= 11 is 0.